The van der Waals surface area contributed by atoms with Crippen LogP contribution in [0.1, 0.15) is 16.7 Å². The summed E-state index contributed by atoms with van der Waals surface area (Å²) in [6, 6.07) is 15.0. The lowest BCUT2D eigenvalue weighted by Gasteiger charge is -2.17. The molecule has 1 aliphatic heterocycles. The van der Waals surface area contributed by atoms with Crippen molar-refractivity contribution in [2.45, 2.75) is 19.1 Å². The maximum atomic E-state index is 12.2. The number of carbonyl (C=O) groups is 1. The monoisotopic (exact) mass is 344 g/mol. The van der Waals surface area contributed by atoms with Gasteiger partial charge in [-0.1, -0.05) is 48.0 Å². The Morgan fingerprint density at radius 3 is 2.54 bits per heavy atom. The predicted molar refractivity (Wildman–Crippen MR) is 94.3 cm³/mol. The summed E-state index contributed by atoms with van der Waals surface area (Å²) in [5.41, 5.74) is 3.70. The molecule has 6 heteroatoms. The van der Waals surface area contributed by atoms with Crippen molar-refractivity contribution in [2.75, 3.05) is 18.0 Å². The molecule has 1 aliphatic rings. The van der Waals surface area contributed by atoms with Gasteiger partial charge in [-0.15, -0.1) is 0 Å². The van der Waals surface area contributed by atoms with Crippen molar-refractivity contribution in [3.05, 3.63) is 65.2 Å². The van der Waals surface area contributed by atoms with Crippen molar-refractivity contribution >= 4 is 21.6 Å². The molecule has 0 unspecified atom stereocenters. The van der Waals surface area contributed by atoms with Gasteiger partial charge in [-0.05, 0) is 24.1 Å². The molecular formula is C18H20N2O3S. The van der Waals surface area contributed by atoms with Gasteiger partial charge < -0.3 is 4.90 Å². The number of nitrogens with one attached hydrogen (secondary N) is 1. The van der Waals surface area contributed by atoms with Crippen molar-refractivity contribution in [1.29, 1.82) is 0 Å². The van der Waals surface area contributed by atoms with Gasteiger partial charge >= 0.3 is 0 Å². The molecule has 0 atom stereocenters. The molecule has 1 heterocycles. The summed E-state index contributed by atoms with van der Waals surface area (Å²) in [6.07, 6.45) is 0.381. The van der Waals surface area contributed by atoms with Gasteiger partial charge in [-0.25, -0.2) is 13.1 Å². The van der Waals surface area contributed by atoms with E-state index in [9.17, 15) is 13.2 Å². The number of rotatable bonds is 6. The highest BCUT2D eigenvalue weighted by molar-refractivity contribution is 7.88. The molecule has 0 aromatic heterocycles. The Labute approximate surface area is 142 Å². The Balaban J connectivity index is 1.58. The molecular weight excluding hydrogens is 324 g/mol. The minimum Gasteiger partial charge on any atom is -0.311 e. The average Bonchev–Trinajstić information content (AvgIpc) is 2.85. The molecule has 1 amide bonds. The molecule has 0 fully saturated rings. The van der Waals surface area contributed by atoms with Gasteiger partial charge in [0.25, 0.3) is 0 Å². The second-order valence-corrected chi connectivity index (χ2v) is 7.80. The fraction of sp³-hybridized carbons (Fsp3) is 0.278. The molecule has 2 aromatic carbocycles. The number of sulfonamides is 1. The molecule has 5 nitrogen and oxygen atoms in total. The number of hydrogen-bond donors (Lipinski definition) is 1. The zero-order valence-corrected chi connectivity index (χ0v) is 14.3. The number of para-hydroxylation sites is 1. The van der Waals surface area contributed by atoms with Crippen LogP contribution in [0.15, 0.2) is 48.5 Å². The minimum atomic E-state index is -3.42. The van der Waals surface area contributed by atoms with E-state index in [1.165, 1.54) is 0 Å². The highest BCUT2D eigenvalue weighted by Crippen LogP contribution is 2.27. The second kappa shape index (κ2) is 6.75. The van der Waals surface area contributed by atoms with Gasteiger partial charge in [-0.2, -0.15) is 0 Å². The number of hydrogen-bond acceptors (Lipinski definition) is 3. The van der Waals surface area contributed by atoms with Gasteiger partial charge in [0.1, 0.15) is 0 Å². The zero-order valence-electron chi connectivity index (χ0n) is 13.5. The molecule has 1 N–H and O–H groups in total. The predicted octanol–water partition coefficient (Wildman–Crippen LogP) is 2.00. The summed E-state index contributed by atoms with van der Waals surface area (Å²) in [5.74, 6) is -0.0495. The fourth-order valence-electron chi connectivity index (χ4n) is 2.83. The van der Waals surface area contributed by atoms with Crippen molar-refractivity contribution in [3.63, 3.8) is 0 Å². The van der Waals surface area contributed by atoms with Crippen LogP contribution in [0.25, 0.3) is 0 Å². The SMILES string of the molecule is Cc1ccc(CS(=O)(=O)NCCN2C(=O)Cc3ccccc32)cc1. The maximum absolute atomic E-state index is 12.2. The summed E-state index contributed by atoms with van der Waals surface area (Å²) in [5, 5.41) is 0. The number of carbonyl (C=O) groups excluding carboxylic acids is 1. The molecule has 2 aromatic rings. The summed E-state index contributed by atoms with van der Waals surface area (Å²) >= 11 is 0. The first-order valence-electron chi connectivity index (χ1n) is 7.86. The number of nitrogens with zero attached hydrogens (tertiary/aromatic N) is 1. The lowest BCUT2D eigenvalue weighted by atomic mass is 10.2. The first kappa shape index (κ1) is 16.7. The number of aryl methyl sites for hydroxylation is 1. The molecule has 0 bridgehead atoms. The Morgan fingerprint density at radius 1 is 1.08 bits per heavy atom. The Hall–Kier alpha value is -2.18. The lowest BCUT2D eigenvalue weighted by Crippen LogP contribution is -2.37. The first-order chi connectivity index (χ1) is 11.4. The largest absolute Gasteiger partial charge is 0.311 e. The van der Waals surface area contributed by atoms with Crippen LogP contribution in [-0.4, -0.2) is 27.4 Å². The van der Waals surface area contributed by atoms with E-state index >= 15 is 0 Å². The van der Waals surface area contributed by atoms with Gasteiger partial charge in [0.2, 0.25) is 15.9 Å². The fourth-order valence-corrected chi connectivity index (χ4v) is 3.96. The third-order valence-electron chi connectivity index (χ3n) is 4.06. The Morgan fingerprint density at radius 2 is 1.79 bits per heavy atom. The average molecular weight is 344 g/mol. The van der Waals surface area contributed by atoms with Crippen LogP contribution in [0, 0.1) is 6.92 Å². The van der Waals surface area contributed by atoms with Crippen molar-refractivity contribution in [2.24, 2.45) is 0 Å². The first-order valence-corrected chi connectivity index (χ1v) is 9.51. The third kappa shape index (κ3) is 3.83. The standard InChI is InChI=1S/C18H20N2O3S/c1-14-6-8-15(9-7-14)13-24(22,23)19-10-11-20-17-5-3-2-4-16(17)12-18(20)21/h2-9,19H,10-13H2,1H3. The van der Waals surface area contributed by atoms with Crippen LogP contribution in [0.4, 0.5) is 5.69 Å². The molecule has 0 spiro atoms. The van der Waals surface area contributed by atoms with Crippen LogP contribution < -0.4 is 9.62 Å². The van der Waals surface area contributed by atoms with Crippen LogP contribution in [0.5, 0.6) is 0 Å². The summed E-state index contributed by atoms with van der Waals surface area (Å²) in [4.78, 5) is 13.7. The molecule has 0 saturated heterocycles. The van der Waals surface area contributed by atoms with E-state index in [0.717, 1.165) is 22.4 Å². The van der Waals surface area contributed by atoms with E-state index in [0.29, 0.717) is 13.0 Å². The van der Waals surface area contributed by atoms with Crippen molar-refractivity contribution in [3.8, 4) is 0 Å². The van der Waals surface area contributed by atoms with E-state index < -0.39 is 10.0 Å². The third-order valence-corrected chi connectivity index (χ3v) is 5.42. The highest BCUT2D eigenvalue weighted by Gasteiger charge is 2.26. The summed E-state index contributed by atoms with van der Waals surface area (Å²) in [7, 11) is -3.42. The van der Waals surface area contributed by atoms with Gasteiger partial charge in [0.05, 0.1) is 12.2 Å². The lowest BCUT2D eigenvalue weighted by molar-refractivity contribution is -0.117. The van der Waals surface area contributed by atoms with E-state index in [4.69, 9.17) is 0 Å². The maximum Gasteiger partial charge on any atom is 0.231 e. The Bertz CT molecular complexity index is 845. The number of amides is 1. The smallest absolute Gasteiger partial charge is 0.231 e. The van der Waals surface area contributed by atoms with Crippen molar-refractivity contribution < 1.29 is 13.2 Å². The highest BCUT2D eigenvalue weighted by atomic mass is 32.2. The van der Waals surface area contributed by atoms with Crippen LogP contribution in [0.2, 0.25) is 0 Å². The normalized spacial score (nSPS) is 14.0. The second-order valence-electron chi connectivity index (χ2n) is 5.99. The molecule has 0 radical (unpaired) electrons. The summed E-state index contributed by atoms with van der Waals surface area (Å²) in [6.45, 7) is 2.50. The van der Waals surface area contributed by atoms with E-state index in [-0.39, 0.29) is 18.2 Å². The number of anilines is 1. The quantitative estimate of drug-likeness (QED) is 0.872. The van der Waals surface area contributed by atoms with Crippen LogP contribution in [0.3, 0.4) is 0 Å². The number of benzene rings is 2. The van der Waals surface area contributed by atoms with Crippen molar-refractivity contribution in [1.82, 2.24) is 4.72 Å². The topological polar surface area (TPSA) is 66.5 Å². The van der Waals surface area contributed by atoms with E-state index in [1.54, 1.807) is 4.90 Å². The van der Waals surface area contributed by atoms with Gasteiger partial charge in [0, 0.05) is 18.8 Å². The molecule has 0 aliphatic carbocycles. The van der Waals surface area contributed by atoms with Gasteiger partial charge in [0.15, 0.2) is 0 Å². The molecule has 0 saturated carbocycles. The van der Waals surface area contributed by atoms with E-state index in [1.807, 2.05) is 55.5 Å². The van der Waals surface area contributed by atoms with E-state index in [2.05, 4.69) is 4.72 Å². The molecule has 24 heavy (non-hydrogen) atoms. The molecule has 3 rings (SSSR count). The van der Waals surface area contributed by atoms with Crippen LogP contribution >= 0.6 is 0 Å². The zero-order chi connectivity index (χ0) is 17.2. The summed E-state index contributed by atoms with van der Waals surface area (Å²) < 4.78 is 26.9. The molecule has 126 valence electrons. The Kier molecular flexibility index (Phi) is 4.69. The van der Waals surface area contributed by atoms with Gasteiger partial charge in [-0.3, -0.25) is 4.79 Å². The number of fused-ring (bicyclic) bond motifs is 1. The van der Waals surface area contributed by atoms with Crippen LogP contribution in [-0.2, 0) is 27.0 Å². The minimum absolute atomic E-state index is 0.00827.